The average molecular weight is 430 g/mol. The highest BCUT2D eigenvalue weighted by Gasteiger charge is 2.16. The van der Waals surface area contributed by atoms with Gasteiger partial charge in [0.15, 0.2) is 17.1 Å². The summed E-state index contributed by atoms with van der Waals surface area (Å²) in [6, 6.07) is 14.5. The van der Waals surface area contributed by atoms with Gasteiger partial charge in [-0.15, -0.1) is 0 Å². The van der Waals surface area contributed by atoms with Crippen molar-refractivity contribution in [3.63, 3.8) is 0 Å². The first-order valence-corrected chi connectivity index (χ1v) is 10.8. The van der Waals surface area contributed by atoms with E-state index in [1.54, 1.807) is 14.2 Å². The lowest BCUT2D eigenvalue weighted by atomic mass is 10.1. The molecule has 2 aromatic heterocycles. The van der Waals surface area contributed by atoms with Gasteiger partial charge in [0.2, 0.25) is 0 Å². The molecule has 1 aliphatic heterocycles. The van der Waals surface area contributed by atoms with Gasteiger partial charge in [0, 0.05) is 49.2 Å². The third kappa shape index (κ3) is 3.76. The van der Waals surface area contributed by atoms with Crippen molar-refractivity contribution < 1.29 is 9.47 Å². The van der Waals surface area contributed by atoms with E-state index in [0.717, 1.165) is 59.7 Å². The molecular weight excluding hydrogens is 402 g/mol. The minimum Gasteiger partial charge on any atom is -0.493 e. The smallest absolute Gasteiger partial charge is 0.161 e. The van der Waals surface area contributed by atoms with E-state index in [2.05, 4.69) is 51.1 Å². The number of benzene rings is 2. The number of H-pyrrole nitrogens is 1. The molecule has 0 atom stereocenters. The standard InChI is InChI=1S/C25H27N5O2/c1-29-10-12-30(13-11-29)19-7-4-17(5-8-19)21-16-27-25-24(28-21)20(15-26-25)18-6-9-22(31-2)23(14-18)32-3/h4-9,14-16H,10-13H2,1-3H3,(H,26,27). The minimum absolute atomic E-state index is 0.683. The Kier molecular flexibility index (Phi) is 5.41. The van der Waals surface area contributed by atoms with Gasteiger partial charge < -0.3 is 24.3 Å². The van der Waals surface area contributed by atoms with Gasteiger partial charge in [0.1, 0.15) is 5.52 Å². The van der Waals surface area contributed by atoms with Crippen LogP contribution in [-0.4, -0.2) is 67.3 Å². The highest BCUT2D eigenvalue weighted by Crippen LogP contribution is 2.35. The van der Waals surface area contributed by atoms with Gasteiger partial charge in [-0.25, -0.2) is 9.97 Å². The predicted octanol–water partition coefficient (Wildman–Crippen LogP) is 4.06. The van der Waals surface area contributed by atoms with E-state index in [9.17, 15) is 0 Å². The Morgan fingerprint density at radius 3 is 2.31 bits per heavy atom. The zero-order valence-electron chi connectivity index (χ0n) is 18.6. The third-order valence-corrected chi connectivity index (χ3v) is 6.11. The van der Waals surface area contributed by atoms with Crippen molar-refractivity contribution in [1.29, 1.82) is 0 Å². The van der Waals surface area contributed by atoms with Crippen LogP contribution in [0, 0.1) is 0 Å². The van der Waals surface area contributed by atoms with Gasteiger partial charge in [-0.1, -0.05) is 18.2 Å². The largest absolute Gasteiger partial charge is 0.493 e. The Labute approximate surface area is 187 Å². The fraction of sp³-hybridized carbons (Fsp3) is 0.280. The van der Waals surface area contributed by atoms with Crippen molar-refractivity contribution in [2.24, 2.45) is 0 Å². The maximum atomic E-state index is 5.47. The van der Waals surface area contributed by atoms with Gasteiger partial charge in [0.25, 0.3) is 0 Å². The zero-order chi connectivity index (χ0) is 22.1. The fourth-order valence-corrected chi connectivity index (χ4v) is 4.16. The summed E-state index contributed by atoms with van der Waals surface area (Å²) in [7, 11) is 5.45. The summed E-state index contributed by atoms with van der Waals surface area (Å²) in [5, 5.41) is 0. The Morgan fingerprint density at radius 2 is 1.59 bits per heavy atom. The summed E-state index contributed by atoms with van der Waals surface area (Å²) < 4.78 is 10.8. The topological polar surface area (TPSA) is 66.5 Å². The van der Waals surface area contributed by atoms with Crippen molar-refractivity contribution in [2.45, 2.75) is 0 Å². The summed E-state index contributed by atoms with van der Waals surface area (Å²) in [4.78, 5) is 17.6. The normalized spacial score (nSPS) is 14.7. The van der Waals surface area contributed by atoms with Crippen LogP contribution in [0.25, 0.3) is 33.5 Å². The van der Waals surface area contributed by atoms with E-state index < -0.39 is 0 Å². The van der Waals surface area contributed by atoms with Crippen molar-refractivity contribution in [3.8, 4) is 33.9 Å². The predicted molar refractivity (Wildman–Crippen MR) is 128 cm³/mol. The molecule has 7 heteroatoms. The molecule has 2 aromatic carbocycles. The van der Waals surface area contributed by atoms with Gasteiger partial charge >= 0.3 is 0 Å². The first-order valence-electron chi connectivity index (χ1n) is 10.8. The summed E-state index contributed by atoms with van der Waals surface area (Å²) in [6.45, 7) is 4.30. The monoisotopic (exact) mass is 429 g/mol. The van der Waals surface area contributed by atoms with Gasteiger partial charge in [-0.05, 0) is 36.9 Å². The molecule has 7 nitrogen and oxygen atoms in total. The van der Waals surface area contributed by atoms with Crippen molar-refractivity contribution in [2.75, 3.05) is 52.3 Å². The van der Waals surface area contributed by atoms with Crippen LogP contribution in [0.15, 0.2) is 54.9 Å². The number of hydrogen-bond acceptors (Lipinski definition) is 6. The molecule has 0 amide bonds. The van der Waals surface area contributed by atoms with Crippen LogP contribution in [0.4, 0.5) is 5.69 Å². The fourth-order valence-electron chi connectivity index (χ4n) is 4.16. The molecule has 1 N–H and O–H groups in total. The number of rotatable bonds is 5. The van der Waals surface area contributed by atoms with Crippen molar-refractivity contribution in [1.82, 2.24) is 19.9 Å². The lowest BCUT2D eigenvalue weighted by Crippen LogP contribution is -2.44. The maximum absolute atomic E-state index is 5.47. The van der Waals surface area contributed by atoms with Crippen LogP contribution in [-0.2, 0) is 0 Å². The highest BCUT2D eigenvalue weighted by atomic mass is 16.5. The summed E-state index contributed by atoms with van der Waals surface area (Å²) in [5.74, 6) is 1.38. The summed E-state index contributed by atoms with van der Waals surface area (Å²) in [5.41, 5.74) is 6.71. The second-order valence-electron chi connectivity index (χ2n) is 8.06. The van der Waals surface area contributed by atoms with Gasteiger partial charge in [0.05, 0.1) is 26.1 Å². The van der Waals surface area contributed by atoms with Crippen molar-refractivity contribution in [3.05, 3.63) is 54.9 Å². The van der Waals surface area contributed by atoms with Crippen LogP contribution in [0.5, 0.6) is 11.5 Å². The second-order valence-corrected chi connectivity index (χ2v) is 8.06. The Morgan fingerprint density at radius 1 is 0.875 bits per heavy atom. The van der Waals surface area contributed by atoms with E-state index in [1.165, 1.54) is 5.69 Å². The Bertz CT molecular complexity index is 1230. The molecule has 4 aromatic rings. The van der Waals surface area contributed by atoms with E-state index in [0.29, 0.717) is 11.5 Å². The number of aromatic amines is 1. The number of ether oxygens (including phenoxy) is 2. The van der Waals surface area contributed by atoms with Crippen molar-refractivity contribution >= 4 is 16.9 Å². The number of aromatic nitrogens is 3. The molecule has 32 heavy (non-hydrogen) atoms. The SMILES string of the molecule is COc1ccc(-c2c[nH]c3ncc(-c4ccc(N5CCN(C)CC5)cc4)nc23)cc1OC. The molecule has 1 saturated heterocycles. The van der Waals surface area contributed by atoms with Crippen LogP contribution < -0.4 is 14.4 Å². The van der Waals surface area contributed by atoms with E-state index in [4.69, 9.17) is 14.5 Å². The van der Waals surface area contributed by atoms with E-state index in [-0.39, 0.29) is 0 Å². The molecule has 0 unspecified atom stereocenters. The molecule has 0 bridgehead atoms. The number of hydrogen-bond donors (Lipinski definition) is 1. The van der Waals surface area contributed by atoms with Crippen LogP contribution in [0.2, 0.25) is 0 Å². The molecule has 1 aliphatic rings. The van der Waals surface area contributed by atoms with Crippen LogP contribution >= 0.6 is 0 Å². The molecule has 3 heterocycles. The third-order valence-electron chi connectivity index (χ3n) is 6.11. The van der Waals surface area contributed by atoms with E-state index in [1.807, 2.05) is 30.6 Å². The first-order chi connectivity index (χ1) is 15.7. The lowest BCUT2D eigenvalue weighted by molar-refractivity contribution is 0.313. The highest BCUT2D eigenvalue weighted by molar-refractivity contribution is 5.92. The molecule has 0 saturated carbocycles. The number of nitrogens with zero attached hydrogens (tertiary/aromatic N) is 4. The first kappa shape index (κ1) is 20.3. The molecule has 0 spiro atoms. The Hall–Kier alpha value is -3.58. The number of fused-ring (bicyclic) bond motifs is 1. The number of anilines is 1. The number of methoxy groups -OCH3 is 2. The second kappa shape index (κ2) is 8.51. The average Bonchev–Trinajstić information content (AvgIpc) is 3.27. The van der Waals surface area contributed by atoms with Gasteiger partial charge in [-0.2, -0.15) is 0 Å². The Balaban J connectivity index is 1.46. The van der Waals surface area contributed by atoms with E-state index >= 15 is 0 Å². The lowest BCUT2D eigenvalue weighted by Gasteiger charge is -2.34. The molecule has 5 rings (SSSR count). The quantitative estimate of drug-likeness (QED) is 0.516. The molecular formula is C25H27N5O2. The summed E-state index contributed by atoms with van der Waals surface area (Å²) in [6.07, 6.45) is 3.76. The molecule has 1 fully saturated rings. The van der Waals surface area contributed by atoms with Crippen LogP contribution in [0.1, 0.15) is 0 Å². The van der Waals surface area contributed by atoms with Gasteiger partial charge in [-0.3, -0.25) is 0 Å². The molecule has 0 radical (unpaired) electrons. The zero-order valence-corrected chi connectivity index (χ0v) is 18.6. The number of likely N-dealkylation sites (N-methyl/N-ethyl adjacent to an activating group) is 1. The minimum atomic E-state index is 0.683. The maximum Gasteiger partial charge on any atom is 0.161 e. The molecule has 164 valence electrons. The number of nitrogens with one attached hydrogen (secondary N) is 1. The summed E-state index contributed by atoms with van der Waals surface area (Å²) >= 11 is 0. The molecule has 0 aliphatic carbocycles. The van der Waals surface area contributed by atoms with Crippen LogP contribution in [0.3, 0.4) is 0 Å². The number of piperazine rings is 1.